The number of carbonyl (C=O) groups is 2. The highest BCUT2D eigenvalue weighted by Crippen LogP contribution is 2.30. The Bertz CT molecular complexity index is 977. The SMILES string of the molecule is O=C(NNC(=O)c1csc2c1CCCC2)c1ccc(COc2ccccc2)o1. The molecule has 0 saturated heterocycles. The van der Waals surface area contributed by atoms with E-state index in [1.165, 1.54) is 11.3 Å². The number of hydrogen-bond donors (Lipinski definition) is 2. The number of rotatable bonds is 5. The molecular weight excluding hydrogens is 376 g/mol. The first kappa shape index (κ1) is 18.3. The van der Waals surface area contributed by atoms with E-state index in [9.17, 15) is 9.59 Å². The van der Waals surface area contributed by atoms with Crippen LogP contribution in [-0.4, -0.2) is 11.8 Å². The van der Waals surface area contributed by atoms with Gasteiger partial charge in [-0.15, -0.1) is 11.3 Å². The van der Waals surface area contributed by atoms with Crippen LogP contribution in [0.4, 0.5) is 0 Å². The lowest BCUT2D eigenvalue weighted by Gasteiger charge is -2.12. The van der Waals surface area contributed by atoms with Crippen molar-refractivity contribution in [1.82, 2.24) is 10.9 Å². The van der Waals surface area contributed by atoms with Gasteiger partial charge in [0.05, 0.1) is 5.56 Å². The lowest BCUT2D eigenvalue weighted by molar-refractivity contribution is 0.0828. The number of para-hydroxylation sites is 1. The summed E-state index contributed by atoms with van der Waals surface area (Å²) in [5, 5.41) is 1.86. The molecule has 2 N–H and O–H groups in total. The second kappa shape index (κ2) is 8.31. The Kier molecular flexibility index (Phi) is 5.43. The van der Waals surface area contributed by atoms with Crippen molar-refractivity contribution in [2.75, 3.05) is 0 Å². The number of carbonyl (C=O) groups excluding carboxylic acids is 2. The number of hydrazine groups is 1. The number of hydrogen-bond acceptors (Lipinski definition) is 5. The number of thiophene rings is 1. The van der Waals surface area contributed by atoms with Gasteiger partial charge in [0.2, 0.25) is 0 Å². The fourth-order valence-electron chi connectivity index (χ4n) is 3.18. The van der Waals surface area contributed by atoms with Crippen LogP contribution in [0.1, 0.15) is 50.0 Å². The quantitative estimate of drug-likeness (QED) is 0.642. The number of nitrogens with one attached hydrogen (secondary N) is 2. The van der Waals surface area contributed by atoms with Crippen LogP contribution in [0.15, 0.2) is 52.3 Å². The van der Waals surface area contributed by atoms with Crippen molar-refractivity contribution in [2.24, 2.45) is 0 Å². The van der Waals surface area contributed by atoms with Crippen molar-refractivity contribution in [3.8, 4) is 5.75 Å². The lowest BCUT2D eigenvalue weighted by Crippen LogP contribution is -2.41. The molecule has 0 radical (unpaired) electrons. The zero-order chi connectivity index (χ0) is 19.3. The normalized spacial score (nSPS) is 12.9. The molecular formula is C21H20N2O4S. The van der Waals surface area contributed by atoms with Gasteiger partial charge in [0, 0.05) is 10.3 Å². The van der Waals surface area contributed by atoms with Crippen molar-refractivity contribution >= 4 is 23.2 Å². The van der Waals surface area contributed by atoms with E-state index in [4.69, 9.17) is 9.15 Å². The second-order valence-electron chi connectivity index (χ2n) is 6.53. The van der Waals surface area contributed by atoms with Crippen LogP contribution in [0.5, 0.6) is 5.75 Å². The standard InChI is InChI=1S/C21H20N2O4S/c24-20(17-13-28-19-9-5-4-8-16(17)19)22-23-21(25)18-11-10-15(27-18)12-26-14-6-2-1-3-7-14/h1-3,6-7,10-11,13H,4-5,8-9,12H2,(H,22,24)(H,23,25). The summed E-state index contributed by atoms with van der Waals surface area (Å²) in [6, 6.07) is 12.6. The number of amides is 2. The van der Waals surface area contributed by atoms with Gasteiger partial charge in [-0.1, -0.05) is 18.2 Å². The lowest BCUT2D eigenvalue weighted by atomic mass is 9.96. The summed E-state index contributed by atoms with van der Waals surface area (Å²) in [4.78, 5) is 25.9. The van der Waals surface area contributed by atoms with E-state index in [0.717, 1.165) is 30.6 Å². The van der Waals surface area contributed by atoms with Crippen LogP contribution in [0.25, 0.3) is 0 Å². The summed E-state index contributed by atoms with van der Waals surface area (Å²) in [6.07, 6.45) is 4.20. The minimum atomic E-state index is -0.511. The average molecular weight is 396 g/mol. The van der Waals surface area contributed by atoms with Crippen molar-refractivity contribution in [3.05, 3.63) is 75.4 Å². The van der Waals surface area contributed by atoms with E-state index >= 15 is 0 Å². The summed E-state index contributed by atoms with van der Waals surface area (Å²) in [5.41, 5.74) is 6.65. The van der Waals surface area contributed by atoms with Gasteiger partial charge >= 0.3 is 5.91 Å². The number of benzene rings is 1. The molecule has 0 spiro atoms. The van der Waals surface area contributed by atoms with Gasteiger partial charge in [0.1, 0.15) is 18.1 Å². The Balaban J connectivity index is 1.31. The smallest absolute Gasteiger partial charge is 0.305 e. The zero-order valence-corrected chi connectivity index (χ0v) is 16.0. The van der Waals surface area contributed by atoms with Crippen LogP contribution >= 0.6 is 11.3 Å². The molecule has 0 bridgehead atoms. The molecule has 4 rings (SSSR count). The van der Waals surface area contributed by atoms with Gasteiger partial charge in [-0.05, 0) is 55.5 Å². The van der Waals surface area contributed by atoms with Gasteiger partial charge in [-0.25, -0.2) is 0 Å². The van der Waals surface area contributed by atoms with Gasteiger partial charge in [0.15, 0.2) is 5.76 Å². The highest BCUT2D eigenvalue weighted by atomic mass is 32.1. The number of fused-ring (bicyclic) bond motifs is 1. The van der Waals surface area contributed by atoms with Crippen LogP contribution in [0.3, 0.4) is 0 Å². The van der Waals surface area contributed by atoms with Gasteiger partial charge in [-0.2, -0.15) is 0 Å². The zero-order valence-electron chi connectivity index (χ0n) is 15.2. The minimum Gasteiger partial charge on any atom is -0.486 e. The predicted octanol–water partition coefficient (Wildman–Crippen LogP) is 3.87. The molecule has 1 aromatic carbocycles. The maximum absolute atomic E-state index is 12.4. The van der Waals surface area contributed by atoms with E-state index in [2.05, 4.69) is 10.9 Å². The molecule has 1 aliphatic rings. The summed E-state index contributed by atoms with van der Waals surface area (Å²) < 4.78 is 11.1. The highest BCUT2D eigenvalue weighted by Gasteiger charge is 2.21. The Labute approximate surface area is 166 Å². The average Bonchev–Trinajstić information content (AvgIpc) is 3.38. The third-order valence-corrected chi connectivity index (χ3v) is 5.69. The third-order valence-electron chi connectivity index (χ3n) is 4.61. The van der Waals surface area contributed by atoms with E-state index in [-0.39, 0.29) is 18.3 Å². The van der Waals surface area contributed by atoms with E-state index in [1.807, 2.05) is 35.7 Å². The van der Waals surface area contributed by atoms with E-state index in [1.54, 1.807) is 23.5 Å². The molecule has 2 heterocycles. The van der Waals surface area contributed by atoms with Crippen molar-refractivity contribution < 1.29 is 18.7 Å². The summed E-state index contributed by atoms with van der Waals surface area (Å²) in [5.74, 6) is 0.540. The Morgan fingerprint density at radius 1 is 1.00 bits per heavy atom. The molecule has 1 aliphatic carbocycles. The fraction of sp³-hybridized carbons (Fsp3) is 0.238. The van der Waals surface area contributed by atoms with Crippen LogP contribution < -0.4 is 15.6 Å². The summed E-state index contributed by atoms with van der Waals surface area (Å²) >= 11 is 1.61. The monoisotopic (exact) mass is 396 g/mol. The third kappa shape index (κ3) is 4.09. The van der Waals surface area contributed by atoms with E-state index < -0.39 is 5.91 Å². The first-order valence-corrected chi connectivity index (χ1v) is 10.0. The first-order chi connectivity index (χ1) is 13.7. The molecule has 6 nitrogen and oxygen atoms in total. The molecule has 0 aliphatic heterocycles. The molecule has 3 aromatic rings. The van der Waals surface area contributed by atoms with Crippen LogP contribution in [0, 0.1) is 0 Å². The molecule has 144 valence electrons. The number of aryl methyl sites for hydroxylation is 1. The largest absolute Gasteiger partial charge is 0.486 e. The van der Waals surface area contributed by atoms with Crippen LogP contribution in [0.2, 0.25) is 0 Å². The molecule has 0 fully saturated rings. The second-order valence-corrected chi connectivity index (χ2v) is 7.50. The molecule has 28 heavy (non-hydrogen) atoms. The Morgan fingerprint density at radius 2 is 1.79 bits per heavy atom. The summed E-state index contributed by atoms with van der Waals surface area (Å²) in [7, 11) is 0. The molecule has 2 amide bonds. The number of ether oxygens (including phenoxy) is 1. The maximum atomic E-state index is 12.4. The fourth-order valence-corrected chi connectivity index (χ4v) is 4.30. The summed E-state index contributed by atoms with van der Waals surface area (Å²) in [6.45, 7) is 0.213. The topological polar surface area (TPSA) is 80.6 Å². The highest BCUT2D eigenvalue weighted by molar-refractivity contribution is 7.10. The Hall–Kier alpha value is -3.06. The number of furan rings is 1. The minimum absolute atomic E-state index is 0.110. The molecule has 7 heteroatoms. The molecule has 0 atom stereocenters. The predicted molar refractivity (Wildman–Crippen MR) is 105 cm³/mol. The van der Waals surface area contributed by atoms with Crippen molar-refractivity contribution in [3.63, 3.8) is 0 Å². The Morgan fingerprint density at radius 3 is 2.64 bits per heavy atom. The van der Waals surface area contributed by atoms with E-state index in [0.29, 0.717) is 11.3 Å². The maximum Gasteiger partial charge on any atom is 0.305 e. The molecule has 0 unspecified atom stereocenters. The van der Waals surface area contributed by atoms with Gasteiger partial charge < -0.3 is 9.15 Å². The van der Waals surface area contributed by atoms with Crippen molar-refractivity contribution in [1.29, 1.82) is 0 Å². The van der Waals surface area contributed by atoms with Crippen LogP contribution in [-0.2, 0) is 19.4 Å². The molecule has 2 aromatic heterocycles. The first-order valence-electron chi connectivity index (χ1n) is 9.17. The molecule has 0 saturated carbocycles. The van der Waals surface area contributed by atoms with Gasteiger partial charge in [-0.3, -0.25) is 20.4 Å². The van der Waals surface area contributed by atoms with Gasteiger partial charge in [0.25, 0.3) is 5.91 Å². The van der Waals surface area contributed by atoms with Crippen molar-refractivity contribution in [2.45, 2.75) is 32.3 Å².